The lowest BCUT2D eigenvalue weighted by Crippen LogP contribution is -2.03. The summed E-state index contributed by atoms with van der Waals surface area (Å²) < 4.78 is 27.2. The van der Waals surface area contributed by atoms with Crippen LogP contribution in [0.15, 0.2) is 36.4 Å². The Morgan fingerprint density at radius 2 is 1.74 bits per heavy atom. The van der Waals surface area contributed by atoms with E-state index in [1.54, 1.807) is 0 Å². The molecule has 0 unspecified atom stereocenters. The Morgan fingerprint density at radius 1 is 0.957 bits per heavy atom. The van der Waals surface area contributed by atoms with Crippen molar-refractivity contribution < 1.29 is 8.78 Å². The molecule has 0 bridgehead atoms. The van der Waals surface area contributed by atoms with Crippen molar-refractivity contribution in [1.29, 1.82) is 0 Å². The highest BCUT2D eigenvalue weighted by atomic mass is 19.1. The Morgan fingerprint density at radius 3 is 2.48 bits per heavy atom. The van der Waals surface area contributed by atoms with Crippen molar-refractivity contribution in [2.24, 2.45) is 0 Å². The zero-order valence-corrected chi connectivity index (χ0v) is 13.5. The van der Waals surface area contributed by atoms with Crippen LogP contribution in [-0.2, 0) is 12.8 Å². The lowest BCUT2D eigenvalue weighted by Gasteiger charge is -2.18. The first-order valence-corrected chi connectivity index (χ1v) is 8.45. The number of unbranched alkanes of at least 4 members (excludes halogenated alkanes) is 2. The third-order valence-corrected chi connectivity index (χ3v) is 4.56. The number of rotatable bonds is 5. The van der Waals surface area contributed by atoms with Gasteiger partial charge >= 0.3 is 0 Å². The summed E-state index contributed by atoms with van der Waals surface area (Å²) in [5.41, 5.74) is 4.97. The second-order valence-electron chi connectivity index (χ2n) is 6.28. The molecule has 0 fully saturated rings. The van der Waals surface area contributed by atoms with Crippen LogP contribution < -0.4 is 0 Å². The van der Waals surface area contributed by atoms with E-state index in [1.165, 1.54) is 30.9 Å². The molecular formula is C21H22F2. The zero-order chi connectivity index (χ0) is 16.2. The minimum absolute atomic E-state index is 0.429. The summed E-state index contributed by atoms with van der Waals surface area (Å²) in [6.07, 6.45) is 8.20. The van der Waals surface area contributed by atoms with Gasteiger partial charge < -0.3 is 0 Å². The lowest BCUT2D eigenvalue weighted by molar-refractivity contribution is 0.570. The first kappa shape index (κ1) is 15.9. The number of benzene rings is 2. The van der Waals surface area contributed by atoms with Crippen LogP contribution >= 0.6 is 0 Å². The van der Waals surface area contributed by atoms with Crippen LogP contribution in [0.3, 0.4) is 0 Å². The van der Waals surface area contributed by atoms with Crippen molar-refractivity contribution in [1.82, 2.24) is 0 Å². The van der Waals surface area contributed by atoms with Crippen LogP contribution in [0.25, 0.3) is 11.6 Å². The quantitative estimate of drug-likeness (QED) is 0.578. The topological polar surface area (TPSA) is 0 Å². The molecule has 0 atom stereocenters. The molecule has 0 spiro atoms. The summed E-state index contributed by atoms with van der Waals surface area (Å²) in [5.74, 6) is -0.938. The molecule has 0 N–H and O–H groups in total. The predicted molar refractivity (Wildman–Crippen MR) is 92.2 cm³/mol. The van der Waals surface area contributed by atoms with Gasteiger partial charge in [0.15, 0.2) is 0 Å². The van der Waals surface area contributed by atoms with Gasteiger partial charge in [0.05, 0.1) is 0 Å². The molecule has 1 aliphatic carbocycles. The Balaban J connectivity index is 1.80. The van der Waals surface area contributed by atoms with Crippen molar-refractivity contribution in [2.75, 3.05) is 0 Å². The van der Waals surface area contributed by atoms with Crippen LogP contribution in [0.1, 0.15) is 54.9 Å². The van der Waals surface area contributed by atoms with Crippen LogP contribution in [0, 0.1) is 11.6 Å². The van der Waals surface area contributed by atoms with Crippen molar-refractivity contribution in [3.63, 3.8) is 0 Å². The Hall–Kier alpha value is -1.96. The molecule has 0 heterocycles. The summed E-state index contributed by atoms with van der Waals surface area (Å²) in [5, 5.41) is 0. The maximum atomic E-state index is 13.8. The van der Waals surface area contributed by atoms with Gasteiger partial charge in [-0.15, -0.1) is 0 Å². The third kappa shape index (κ3) is 3.69. The Labute approximate surface area is 136 Å². The zero-order valence-electron chi connectivity index (χ0n) is 13.5. The number of hydrogen-bond acceptors (Lipinski definition) is 0. The average Bonchev–Trinajstić information content (AvgIpc) is 2.55. The molecule has 3 rings (SSSR count). The predicted octanol–water partition coefficient (Wildman–Crippen LogP) is 6.18. The molecule has 23 heavy (non-hydrogen) atoms. The van der Waals surface area contributed by atoms with Crippen LogP contribution in [0.4, 0.5) is 8.78 Å². The standard InChI is InChI=1S/C21H22F2/c1-2-3-4-5-15-6-8-16(9-7-15)17-10-11-20-18(12-17)13-19(22)14-21(20)23/h6-9,12-14H,2-5,10-11H2,1H3. The fourth-order valence-electron chi connectivity index (χ4n) is 3.23. The van der Waals surface area contributed by atoms with Gasteiger partial charge in [-0.1, -0.05) is 50.1 Å². The molecule has 2 heteroatoms. The number of fused-ring (bicyclic) bond motifs is 1. The highest BCUT2D eigenvalue weighted by Gasteiger charge is 2.16. The molecule has 2 aromatic rings. The minimum atomic E-state index is -0.509. The molecular weight excluding hydrogens is 290 g/mol. The first-order chi connectivity index (χ1) is 11.2. The summed E-state index contributed by atoms with van der Waals surface area (Å²) in [7, 11) is 0. The molecule has 2 aromatic carbocycles. The van der Waals surface area contributed by atoms with Gasteiger partial charge in [0.2, 0.25) is 0 Å². The van der Waals surface area contributed by atoms with Gasteiger partial charge in [-0.05, 0) is 59.6 Å². The van der Waals surface area contributed by atoms with Crippen LogP contribution in [-0.4, -0.2) is 0 Å². The van der Waals surface area contributed by atoms with E-state index in [9.17, 15) is 8.78 Å². The van der Waals surface area contributed by atoms with E-state index in [1.807, 2.05) is 6.08 Å². The molecule has 0 saturated carbocycles. The Bertz CT molecular complexity index is 711. The SMILES string of the molecule is CCCCCc1ccc(C2=Cc3cc(F)cc(F)c3CC2)cc1. The van der Waals surface area contributed by atoms with Gasteiger partial charge in [0, 0.05) is 6.07 Å². The van der Waals surface area contributed by atoms with Crippen molar-refractivity contribution in [2.45, 2.75) is 45.4 Å². The van der Waals surface area contributed by atoms with E-state index < -0.39 is 11.6 Å². The number of hydrogen-bond donors (Lipinski definition) is 0. The van der Waals surface area contributed by atoms with Crippen molar-refractivity contribution in [3.8, 4) is 0 Å². The van der Waals surface area contributed by atoms with Crippen molar-refractivity contribution in [3.05, 3.63) is 70.3 Å². The molecule has 120 valence electrons. The summed E-state index contributed by atoms with van der Waals surface area (Å²) in [6.45, 7) is 2.21. The van der Waals surface area contributed by atoms with E-state index in [0.717, 1.165) is 30.0 Å². The largest absolute Gasteiger partial charge is 0.207 e. The fourth-order valence-corrected chi connectivity index (χ4v) is 3.23. The third-order valence-electron chi connectivity index (χ3n) is 4.56. The van der Waals surface area contributed by atoms with Gasteiger partial charge in [-0.25, -0.2) is 8.78 Å². The molecule has 0 aromatic heterocycles. The van der Waals surface area contributed by atoms with E-state index in [-0.39, 0.29) is 0 Å². The van der Waals surface area contributed by atoms with Gasteiger partial charge in [-0.2, -0.15) is 0 Å². The van der Waals surface area contributed by atoms with E-state index in [0.29, 0.717) is 17.5 Å². The lowest BCUT2D eigenvalue weighted by atomic mass is 9.88. The molecule has 0 amide bonds. The fraction of sp³-hybridized carbons (Fsp3) is 0.333. The molecule has 1 aliphatic rings. The van der Waals surface area contributed by atoms with Gasteiger partial charge in [0.25, 0.3) is 0 Å². The number of aryl methyl sites for hydroxylation is 1. The summed E-state index contributed by atoms with van der Waals surface area (Å²) in [6, 6.07) is 11.0. The van der Waals surface area contributed by atoms with Crippen molar-refractivity contribution >= 4 is 11.6 Å². The van der Waals surface area contributed by atoms with Gasteiger partial charge in [-0.3, -0.25) is 0 Å². The second-order valence-corrected chi connectivity index (χ2v) is 6.28. The molecule has 0 aliphatic heterocycles. The highest BCUT2D eigenvalue weighted by molar-refractivity contribution is 5.84. The molecule has 0 saturated heterocycles. The summed E-state index contributed by atoms with van der Waals surface area (Å²) >= 11 is 0. The number of allylic oxidation sites excluding steroid dienone is 1. The molecule has 0 nitrogen and oxygen atoms in total. The minimum Gasteiger partial charge on any atom is -0.207 e. The Kier molecular flexibility index (Phi) is 4.90. The highest BCUT2D eigenvalue weighted by Crippen LogP contribution is 2.32. The van der Waals surface area contributed by atoms with E-state index in [4.69, 9.17) is 0 Å². The monoisotopic (exact) mass is 312 g/mol. The second kappa shape index (κ2) is 7.08. The van der Waals surface area contributed by atoms with Crippen LogP contribution in [0.2, 0.25) is 0 Å². The number of halogens is 2. The van der Waals surface area contributed by atoms with E-state index in [2.05, 4.69) is 31.2 Å². The first-order valence-electron chi connectivity index (χ1n) is 8.45. The maximum Gasteiger partial charge on any atom is 0.129 e. The van der Waals surface area contributed by atoms with E-state index >= 15 is 0 Å². The average molecular weight is 312 g/mol. The van der Waals surface area contributed by atoms with Crippen LogP contribution in [0.5, 0.6) is 0 Å². The maximum absolute atomic E-state index is 13.8. The summed E-state index contributed by atoms with van der Waals surface area (Å²) in [4.78, 5) is 0. The van der Waals surface area contributed by atoms with Gasteiger partial charge in [0.1, 0.15) is 11.6 Å². The molecule has 0 radical (unpaired) electrons. The normalized spacial score (nSPS) is 13.6. The smallest absolute Gasteiger partial charge is 0.129 e.